The van der Waals surface area contributed by atoms with E-state index in [1.165, 1.54) is 23.5 Å². The van der Waals surface area contributed by atoms with Gasteiger partial charge in [-0.25, -0.2) is 14.4 Å². The van der Waals surface area contributed by atoms with Crippen molar-refractivity contribution in [2.24, 2.45) is 5.41 Å². The highest BCUT2D eigenvalue weighted by atomic mass is 32.1. The van der Waals surface area contributed by atoms with Gasteiger partial charge in [-0.2, -0.15) is 0 Å². The number of hydrogen-bond donors (Lipinski definition) is 1. The van der Waals surface area contributed by atoms with Crippen molar-refractivity contribution in [3.05, 3.63) is 47.4 Å². The van der Waals surface area contributed by atoms with Crippen LogP contribution in [0.5, 0.6) is 0 Å². The summed E-state index contributed by atoms with van der Waals surface area (Å²) < 4.78 is 21.3. The molecule has 36 heavy (non-hydrogen) atoms. The normalized spacial score (nSPS) is 20.0. The van der Waals surface area contributed by atoms with Gasteiger partial charge in [-0.3, -0.25) is 4.79 Å². The average molecular weight is 508 g/mol. The third-order valence-electron chi connectivity index (χ3n) is 7.86. The van der Waals surface area contributed by atoms with E-state index in [4.69, 9.17) is 15.5 Å². The second-order valence-electron chi connectivity index (χ2n) is 11.0. The lowest BCUT2D eigenvalue weighted by atomic mass is 9.79. The van der Waals surface area contributed by atoms with Crippen molar-refractivity contribution in [2.45, 2.75) is 45.8 Å². The quantitative estimate of drug-likeness (QED) is 0.527. The Morgan fingerprint density at radius 1 is 1.28 bits per heavy atom. The van der Waals surface area contributed by atoms with Crippen LogP contribution in [-0.4, -0.2) is 52.6 Å². The second-order valence-corrected chi connectivity index (χ2v) is 12.0. The summed E-state index contributed by atoms with van der Waals surface area (Å²) in [6.07, 6.45) is 3.09. The van der Waals surface area contributed by atoms with Gasteiger partial charge in [0.1, 0.15) is 11.6 Å². The van der Waals surface area contributed by atoms with E-state index in [0.29, 0.717) is 28.4 Å². The second kappa shape index (κ2) is 7.98. The molecule has 9 heteroatoms. The lowest BCUT2D eigenvalue weighted by Crippen LogP contribution is -2.59. The van der Waals surface area contributed by atoms with Gasteiger partial charge in [-0.15, -0.1) is 0 Å². The van der Waals surface area contributed by atoms with Crippen molar-refractivity contribution in [3.8, 4) is 11.1 Å². The van der Waals surface area contributed by atoms with Crippen LogP contribution in [0.4, 0.5) is 15.3 Å². The highest BCUT2D eigenvalue weighted by Crippen LogP contribution is 2.46. The molecule has 2 saturated heterocycles. The molecule has 1 spiro atoms. The number of benzene rings is 1. The van der Waals surface area contributed by atoms with Gasteiger partial charge in [0.05, 0.1) is 28.1 Å². The number of carbonyl (C=O) groups is 1. The number of hydrogen-bond acceptors (Lipinski definition) is 7. The Kier molecular flexibility index (Phi) is 5.18. The number of halogens is 1. The van der Waals surface area contributed by atoms with Crippen LogP contribution in [0.2, 0.25) is 0 Å². The Balaban J connectivity index is 1.46. The van der Waals surface area contributed by atoms with Crippen LogP contribution < -0.4 is 10.6 Å². The number of nitrogens with zero attached hydrogens (tertiary/aromatic N) is 4. The number of likely N-dealkylation sites (tertiary alicyclic amines) is 1. The van der Waals surface area contributed by atoms with E-state index in [-0.39, 0.29) is 22.7 Å². The average Bonchev–Trinajstić information content (AvgIpc) is 3.42. The summed E-state index contributed by atoms with van der Waals surface area (Å²) in [6.45, 7) is 13.5. The lowest BCUT2D eigenvalue weighted by Gasteiger charge is -2.47. The van der Waals surface area contributed by atoms with Gasteiger partial charge in [-0.1, -0.05) is 17.9 Å². The predicted octanol–water partition coefficient (Wildman–Crippen LogP) is 4.46. The third-order valence-corrected chi connectivity index (χ3v) is 8.75. The zero-order chi connectivity index (χ0) is 25.4. The number of amides is 1. The van der Waals surface area contributed by atoms with Gasteiger partial charge in [0.25, 0.3) is 0 Å². The maximum atomic E-state index is 14.6. The lowest BCUT2D eigenvalue weighted by molar-refractivity contribution is -0.136. The fourth-order valence-corrected chi connectivity index (χ4v) is 6.84. The van der Waals surface area contributed by atoms with Crippen LogP contribution in [0, 0.1) is 18.2 Å². The minimum atomic E-state index is -0.321. The van der Waals surface area contributed by atoms with Crippen LogP contribution in [0.1, 0.15) is 37.1 Å². The fraction of sp³-hybridized carbons (Fsp3) is 0.444. The summed E-state index contributed by atoms with van der Waals surface area (Å²) in [5, 5.41) is 0.347. The standard InChI is InChI=1S/C27H30FN5O2S/c1-5-20(34)33-13-27(14-33)8-9-32(12-27)24-15(2)21(17-11-35-26(3,4)10-19(17)30-24)16-6-7-18(28)23-22(16)31-25(29)36-23/h5-7H,1,8-14H2,2-4H3,(H2,29,31). The van der Waals surface area contributed by atoms with Crippen molar-refractivity contribution in [1.29, 1.82) is 0 Å². The van der Waals surface area contributed by atoms with E-state index < -0.39 is 0 Å². The zero-order valence-corrected chi connectivity index (χ0v) is 21.7. The fourth-order valence-electron chi connectivity index (χ4n) is 6.07. The van der Waals surface area contributed by atoms with Gasteiger partial charge >= 0.3 is 0 Å². The molecule has 5 heterocycles. The Bertz CT molecular complexity index is 1430. The van der Waals surface area contributed by atoms with Crippen molar-refractivity contribution in [2.75, 3.05) is 36.8 Å². The molecule has 3 aliphatic heterocycles. The molecule has 3 aliphatic rings. The minimum Gasteiger partial charge on any atom is -0.375 e. The third kappa shape index (κ3) is 3.59. The van der Waals surface area contributed by atoms with E-state index in [1.54, 1.807) is 6.07 Å². The Morgan fingerprint density at radius 2 is 2.06 bits per heavy atom. The van der Waals surface area contributed by atoms with E-state index in [2.05, 4.69) is 37.2 Å². The van der Waals surface area contributed by atoms with Crippen LogP contribution in [0.15, 0.2) is 24.8 Å². The summed E-state index contributed by atoms with van der Waals surface area (Å²) in [6, 6.07) is 3.30. The number of carbonyl (C=O) groups excluding carboxylic acids is 1. The number of pyridine rings is 1. The number of ether oxygens (including phenoxy) is 1. The molecule has 0 aliphatic carbocycles. The molecule has 2 fully saturated rings. The number of aromatic nitrogens is 2. The van der Waals surface area contributed by atoms with Crippen molar-refractivity contribution >= 4 is 38.4 Å². The first-order chi connectivity index (χ1) is 17.1. The molecule has 0 bridgehead atoms. The van der Waals surface area contributed by atoms with Gasteiger partial charge in [0.2, 0.25) is 5.91 Å². The maximum Gasteiger partial charge on any atom is 0.245 e. The first-order valence-corrected chi connectivity index (χ1v) is 13.1. The number of anilines is 2. The van der Waals surface area contributed by atoms with Crippen molar-refractivity contribution < 1.29 is 13.9 Å². The van der Waals surface area contributed by atoms with E-state index in [1.807, 2.05) is 4.90 Å². The summed E-state index contributed by atoms with van der Waals surface area (Å²) >= 11 is 1.17. The van der Waals surface area contributed by atoms with Crippen LogP contribution in [0.25, 0.3) is 21.3 Å². The molecule has 6 rings (SSSR count). The number of nitrogen functional groups attached to an aromatic ring is 1. The van der Waals surface area contributed by atoms with Crippen LogP contribution in [-0.2, 0) is 22.6 Å². The van der Waals surface area contributed by atoms with Crippen molar-refractivity contribution in [1.82, 2.24) is 14.9 Å². The zero-order valence-electron chi connectivity index (χ0n) is 20.9. The number of nitrogens with two attached hydrogens (primary N) is 1. The molecule has 0 unspecified atom stereocenters. The molecule has 1 aromatic carbocycles. The molecule has 0 radical (unpaired) electrons. The molecular weight excluding hydrogens is 477 g/mol. The molecular formula is C27H30FN5O2S. The van der Waals surface area contributed by atoms with Gasteiger partial charge < -0.3 is 20.3 Å². The van der Waals surface area contributed by atoms with E-state index in [9.17, 15) is 9.18 Å². The van der Waals surface area contributed by atoms with Gasteiger partial charge in [0, 0.05) is 49.1 Å². The summed E-state index contributed by atoms with van der Waals surface area (Å²) in [5.41, 5.74) is 11.3. The highest BCUT2D eigenvalue weighted by Gasteiger charge is 2.49. The monoisotopic (exact) mass is 507 g/mol. The first-order valence-electron chi connectivity index (χ1n) is 12.3. The molecule has 1 amide bonds. The molecule has 7 nitrogen and oxygen atoms in total. The summed E-state index contributed by atoms with van der Waals surface area (Å²) in [4.78, 5) is 26.0. The highest BCUT2D eigenvalue weighted by molar-refractivity contribution is 7.22. The molecule has 2 aromatic heterocycles. The molecule has 2 N–H and O–H groups in total. The van der Waals surface area contributed by atoms with Crippen molar-refractivity contribution in [3.63, 3.8) is 0 Å². The topological polar surface area (TPSA) is 84.6 Å². The number of rotatable bonds is 3. The Labute approximate surface area is 213 Å². The smallest absolute Gasteiger partial charge is 0.245 e. The SMILES string of the molecule is C=CC(=O)N1CC2(CCN(c3nc4c(c(-c5ccc(F)c6sc(N)nc56)c3C)COC(C)(C)C4)C2)C1. The molecule has 0 saturated carbocycles. The predicted molar refractivity (Wildman–Crippen MR) is 141 cm³/mol. The van der Waals surface area contributed by atoms with Gasteiger partial charge in [0.15, 0.2) is 5.13 Å². The largest absolute Gasteiger partial charge is 0.375 e. The molecule has 0 atom stereocenters. The van der Waals surface area contributed by atoms with Crippen LogP contribution >= 0.6 is 11.3 Å². The van der Waals surface area contributed by atoms with E-state index >= 15 is 0 Å². The Morgan fingerprint density at radius 3 is 2.81 bits per heavy atom. The first kappa shape index (κ1) is 23.4. The molecule has 3 aromatic rings. The Hall–Kier alpha value is -3.04. The summed E-state index contributed by atoms with van der Waals surface area (Å²) in [5.74, 6) is 0.633. The van der Waals surface area contributed by atoms with E-state index in [0.717, 1.165) is 66.4 Å². The van der Waals surface area contributed by atoms with Gasteiger partial charge in [-0.05, 0) is 56.5 Å². The summed E-state index contributed by atoms with van der Waals surface area (Å²) in [7, 11) is 0. The number of fused-ring (bicyclic) bond motifs is 2. The number of thiazole rings is 1. The molecule has 188 valence electrons. The minimum absolute atomic E-state index is 0.00505. The van der Waals surface area contributed by atoms with Crippen LogP contribution in [0.3, 0.4) is 0 Å². The maximum absolute atomic E-state index is 14.6.